The van der Waals surface area contributed by atoms with Crippen LogP contribution in [0.25, 0.3) is 17.7 Å². The Kier molecular flexibility index (Phi) is 5.40. The van der Waals surface area contributed by atoms with Crippen LogP contribution in [0.1, 0.15) is 17.0 Å². The first-order chi connectivity index (χ1) is 14.2. The maximum atomic E-state index is 6.14. The minimum Gasteiger partial charge on any atom is -0.285 e. The minimum atomic E-state index is 0.557. The molecular formula is C22H18N6Zn. The average Bonchev–Trinajstić information content (AvgIpc) is 3.51. The second-order valence-corrected chi connectivity index (χ2v) is 7.29. The van der Waals surface area contributed by atoms with E-state index in [2.05, 4.69) is 31.4 Å². The molecule has 2 aromatic heterocycles. The van der Waals surface area contributed by atoms with Crippen LogP contribution in [-0.2, 0) is 17.9 Å². The van der Waals surface area contributed by atoms with Crippen molar-refractivity contribution in [1.29, 1.82) is 0 Å². The molecule has 7 heteroatoms. The zero-order chi connectivity index (χ0) is 20.2. The number of hydrogen-bond donors (Lipinski definition) is 3. The van der Waals surface area contributed by atoms with Gasteiger partial charge in [0.2, 0.25) is 0 Å². The SMILES string of the molecule is C=C/C(N)=C(/C1=NC(=Cc2ccc(C=C3C=CC([CH]=[Zn])=N3)[nH]2)C=C1)c1cn[nH]c1. The number of aliphatic imine (C=N–C) groups is 2. The summed E-state index contributed by atoms with van der Waals surface area (Å²) in [7, 11) is 0. The topological polar surface area (TPSA) is 95.2 Å². The standard InChI is InChI=1S/C22H18N6.Zn/c1-3-20(23)22(15-12-24-25-13-15)21-9-8-19(28-21)11-18-7-6-17(27-18)10-16-5-4-14(2)26-16;/h2-13,27H,1,23H2,(H,24,25);/b16-10?,19-11?,22-20-;. The van der Waals surface area contributed by atoms with Gasteiger partial charge in [-0.2, -0.15) is 5.10 Å². The third-order valence-electron chi connectivity index (χ3n) is 4.44. The summed E-state index contributed by atoms with van der Waals surface area (Å²) in [5.41, 5.74) is 13.9. The number of nitrogens with zero attached hydrogens (tertiary/aromatic N) is 3. The first kappa shape index (κ1) is 18.9. The number of H-pyrrole nitrogens is 2. The first-order valence-electron chi connectivity index (χ1n) is 9.06. The van der Waals surface area contributed by atoms with Crippen LogP contribution in [0.5, 0.6) is 0 Å². The van der Waals surface area contributed by atoms with Gasteiger partial charge in [0, 0.05) is 23.0 Å². The van der Waals surface area contributed by atoms with Crippen molar-refractivity contribution in [3.8, 4) is 0 Å². The molecule has 4 N–H and O–H groups in total. The summed E-state index contributed by atoms with van der Waals surface area (Å²) in [6.07, 6.45) is 17.1. The van der Waals surface area contributed by atoms with E-state index in [0.717, 1.165) is 63.2 Å². The van der Waals surface area contributed by atoms with Gasteiger partial charge in [0.25, 0.3) is 0 Å². The Hall–Kier alpha value is -3.44. The van der Waals surface area contributed by atoms with Gasteiger partial charge >= 0.3 is 120 Å². The van der Waals surface area contributed by atoms with Gasteiger partial charge in [-0.1, -0.05) is 6.58 Å². The molecule has 0 amide bonds. The zero-order valence-electron chi connectivity index (χ0n) is 15.8. The van der Waals surface area contributed by atoms with Crippen molar-refractivity contribution in [2.24, 2.45) is 15.7 Å². The van der Waals surface area contributed by atoms with E-state index in [1.807, 2.05) is 48.6 Å². The predicted octanol–water partition coefficient (Wildman–Crippen LogP) is 3.35. The Morgan fingerprint density at radius 1 is 1.03 bits per heavy atom. The molecule has 29 heavy (non-hydrogen) atoms. The molecule has 0 bridgehead atoms. The van der Waals surface area contributed by atoms with Crippen LogP contribution in [0.15, 0.2) is 88.6 Å². The molecule has 0 radical (unpaired) electrons. The third kappa shape index (κ3) is 4.20. The fraction of sp³-hybridized carbons (Fsp3) is 0. The Balaban J connectivity index is 1.58. The molecule has 2 aromatic rings. The molecule has 0 atom stereocenters. The average molecular weight is 432 g/mol. The molecule has 6 nitrogen and oxygen atoms in total. The maximum absolute atomic E-state index is 6.14. The molecule has 2 aliphatic heterocycles. The molecule has 2 aliphatic rings. The molecule has 0 fully saturated rings. The Bertz CT molecular complexity index is 1180. The van der Waals surface area contributed by atoms with Crippen LogP contribution in [-0.4, -0.2) is 31.2 Å². The third-order valence-corrected chi connectivity index (χ3v) is 5.32. The number of hydrogen-bond acceptors (Lipinski definition) is 4. The molecule has 0 saturated carbocycles. The Morgan fingerprint density at radius 2 is 1.76 bits per heavy atom. The summed E-state index contributed by atoms with van der Waals surface area (Å²) < 4.78 is 2.11. The van der Waals surface area contributed by atoms with Gasteiger partial charge in [0.05, 0.1) is 6.20 Å². The normalized spacial score (nSPS) is 19.0. The number of nitrogens with one attached hydrogen (secondary N) is 2. The van der Waals surface area contributed by atoms with Crippen molar-refractivity contribution in [1.82, 2.24) is 15.2 Å². The molecule has 0 aromatic carbocycles. The molecular weight excluding hydrogens is 414 g/mol. The van der Waals surface area contributed by atoms with Crippen molar-refractivity contribution >= 4 is 33.8 Å². The number of allylic oxidation sites excluding steroid dienone is 6. The van der Waals surface area contributed by atoms with Gasteiger partial charge in [-0.25, -0.2) is 0 Å². The second-order valence-electron chi connectivity index (χ2n) is 6.43. The van der Waals surface area contributed by atoms with Crippen LogP contribution in [0.2, 0.25) is 0 Å². The summed E-state index contributed by atoms with van der Waals surface area (Å²) in [6.45, 7) is 3.77. The van der Waals surface area contributed by atoms with Gasteiger partial charge in [-0.15, -0.1) is 0 Å². The monoisotopic (exact) mass is 430 g/mol. The number of aromatic nitrogens is 3. The van der Waals surface area contributed by atoms with Crippen molar-refractivity contribution in [3.63, 3.8) is 0 Å². The van der Waals surface area contributed by atoms with E-state index < -0.39 is 0 Å². The fourth-order valence-corrected chi connectivity index (χ4v) is 3.53. The van der Waals surface area contributed by atoms with E-state index in [1.54, 1.807) is 18.5 Å². The van der Waals surface area contributed by atoms with Crippen molar-refractivity contribution < 1.29 is 17.9 Å². The molecule has 0 aliphatic carbocycles. The summed E-state index contributed by atoms with van der Waals surface area (Å²) in [6, 6.07) is 4.05. The van der Waals surface area contributed by atoms with Gasteiger partial charge in [-0.05, 0) is 6.08 Å². The van der Waals surface area contributed by atoms with E-state index in [-0.39, 0.29) is 0 Å². The van der Waals surface area contributed by atoms with Crippen LogP contribution in [0.3, 0.4) is 0 Å². The molecule has 0 unspecified atom stereocenters. The zero-order valence-corrected chi connectivity index (χ0v) is 18.7. The van der Waals surface area contributed by atoms with E-state index in [0.29, 0.717) is 5.70 Å². The minimum absolute atomic E-state index is 0.557. The van der Waals surface area contributed by atoms with Gasteiger partial charge < -0.3 is 5.73 Å². The van der Waals surface area contributed by atoms with Crippen molar-refractivity contribution in [2.75, 3.05) is 0 Å². The predicted molar refractivity (Wildman–Crippen MR) is 116 cm³/mol. The van der Waals surface area contributed by atoms with Crippen molar-refractivity contribution in [2.45, 2.75) is 0 Å². The molecule has 4 heterocycles. The smallest absolute Gasteiger partial charge is 0.285 e. The summed E-state index contributed by atoms with van der Waals surface area (Å²) in [5, 5.41) is 6.82. The quantitative estimate of drug-likeness (QED) is 0.483. The Morgan fingerprint density at radius 3 is 2.38 bits per heavy atom. The second kappa shape index (κ2) is 8.29. The van der Waals surface area contributed by atoms with Gasteiger partial charge in [0.15, 0.2) is 0 Å². The molecule has 0 spiro atoms. The van der Waals surface area contributed by atoms with Crippen LogP contribution >= 0.6 is 0 Å². The summed E-state index contributed by atoms with van der Waals surface area (Å²) in [5.74, 6) is 0. The molecule has 4 rings (SSSR count). The number of nitrogens with two attached hydrogens (primary N) is 1. The van der Waals surface area contributed by atoms with Gasteiger partial charge in [-0.3, -0.25) is 5.10 Å². The molecule has 138 valence electrons. The van der Waals surface area contributed by atoms with Crippen LogP contribution in [0.4, 0.5) is 0 Å². The van der Waals surface area contributed by atoms with Gasteiger partial charge in [0.1, 0.15) is 0 Å². The number of aromatic amines is 2. The van der Waals surface area contributed by atoms with Crippen LogP contribution in [0, 0.1) is 0 Å². The van der Waals surface area contributed by atoms with E-state index in [1.165, 1.54) is 0 Å². The molecule has 0 saturated heterocycles. The van der Waals surface area contributed by atoms with E-state index >= 15 is 0 Å². The van der Waals surface area contributed by atoms with E-state index in [4.69, 9.17) is 10.7 Å². The van der Waals surface area contributed by atoms with Crippen LogP contribution < -0.4 is 5.73 Å². The van der Waals surface area contributed by atoms with E-state index in [9.17, 15) is 0 Å². The fourth-order valence-electron chi connectivity index (χ4n) is 3.05. The first-order valence-corrected chi connectivity index (χ1v) is 10.8. The summed E-state index contributed by atoms with van der Waals surface area (Å²) in [4.78, 5) is 12.6. The van der Waals surface area contributed by atoms with Crippen molar-refractivity contribution in [3.05, 3.63) is 95.5 Å². The summed E-state index contributed by atoms with van der Waals surface area (Å²) >= 11 is 1.10. The number of rotatable bonds is 6. The Labute approximate surface area is 177 Å².